The number of hydrogen-bond acceptors (Lipinski definition) is 8. The third-order valence-corrected chi connectivity index (χ3v) is 9.45. The summed E-state index contributed by atoms with van der Waals surface area (Å²) in [6.07, 6.45) is 1.86. The van der Waals surface area contributed by atoms with Gasteiger partial charge in [0.25, 0.3) is 5.56 Å². The van der Waals surface area contributed by atoms with Crippen molar-refractivity contribution in [2.45, 2.75) is 47.3 Å². The van der Waals surface area contributed by atoms with Gasteiger partial charge >= 0.3 is 5.97 Å². The van der Waals surface area contributed by atoms with Crippen molar-refractivity contribution >= 4 is 51.7 Å². The molecule has 10 heteroatoms. The van der Waals surface area contributed by atoms with Gasteiger partial charge in [-0.05, 0) is 111 Å². The summed E-state index contributed by atoms with van der Waals surface area (Å²) in [5.74, 6) is 0.901. The van der Waals surface area contributed by atoms with Gasteiger partial charge in [0.05, 0.1) is 35.1 Å². The molecule has 0 radical (unpaired) electrons. The first-order valence-corrected chi connectivity index (χ1v) is 17.4. The van der Waals surface area contributed by atoms with Crippen LogP contribution in [0.5, 0.6) is 11.5 Å². The fourth-order valence-corrected chi connectivity index (χ4v) is 6.85. The normalized spacial score (nSPS) is 14.5. The Labute approximate surface area is 286 Å². The minimum absolute atomic E-state index is 0.213. The largest absolute Gasteiger partial charge is 0.494 e. The predicted octanol–water partition coefficient (Wildman–Crippen LogP) is 6.23. The van der Waals surface area contributed by atoms with Crippen LogP contribution in [0.15, 0.2) is 87.8 Å². The maximum Gasteiger partial charge on any atom is 0.338 e. The fraction of sp³-hybridized carbons (Fsp3) is 0.306. The van der Waals surface area contributed by atoms with E-state index in [0.717, 1.165) is 39.0 Å². The molecule has 5 rings (SSSR count). The van der Waals surface area contributed by atoms with Crippen LogP contribution >= 0.6 is 33.9 Å². The van der Waals surface area contributed by atoms with Crippen LogP contribution in [0, 0.1) is 3.57 Å². The molecule has 2 heterocycles. The van der Waals surface area contributed by atoms with Gasteiger partial charge in [0.15, 0.2) is 4.80 Å². The Morgan fingerprint density at radius 2 is 1.70 bits per heavy atom. The Bertz CT molecular complexity index is 1910. The molecule has 0 N–H and O–H groups in total. The summed E-state index contributed by atoms with van der Waals surface area (Å²) in [5, 5.41) is 0. The highest BCUT2D eigenvalue weighted by molar-refractivity contribution is 14.1. The summed E-state index contributed by atoms with van der Waals surface area (Å²) in [4.78, 5) is 35.0. The Morgan fingerprint density at radius 1 is 0.978 bits per heavy atom. The van der Waals surface area contributed by atoms with Crippen molar-refractivity contribution in [3.05, 3.63) is 118 Å². The number of thiazole rings is 1. The molecule has 46 heavy (non-hydrogen) atoms. The summed E-state index contributed by atoms with van der Waals surface area (Å²) in [7, 11) is 0. The van der Waals surface area contributed by atoms with Crippen LogP contribution in [0.25, 0.3) is 6.08 Å². The summed E-state index contributed by atoms with van der Waals surface area (Å²) >= 11 is 3.58. The number of anilines is 1. The van der Waals surface area contributed by atoms with Gasteiger partial charge in [-0.1, -0.05) is 35.6 Å². The van der Waals surface area contributed by atoms with Gasteiger partial charge in [0.2, 0.25) is 0 Å². The standard InChI is InChI=1S/C36H38IN3O5S/c1-6-39(7-2)28-17-12-26(30(21-28)45-22-24-10-15-27(37)16-11-24)20-31-34(41)40-33(25-13-18-29(19-14-25)43-8-3)32(35(42)44-9-4)23(5)38-36(40)46-31/h10-21,33H,6-9,22H2,1-5H3/b31-20-/t33-/m0/s1. The van der Waals surface area contributed by atoms with Gasteiger partial charge in [-0.3, -0.25) is 9.36 Å². The van der Waals surface area contributed by atoms with E-state index in [1.54, 1.807) is 18.4 Å². The van der Waals surface area contributed by atoms with Crippen LogP contribution in [-0.2, 0) is 16.1 Å². The highest BCUT2D eigenvalue weighted by Gasteiger charge is 2.33. The Hall–Kier alpha value is -3.90. The van der Waals surface area contributed by atoms with Crippen molar-refractivity contribution in [3.8, 4) is 11.5 Å². The Balaban J connectivity index is 1.63. The molecule has 0 bridgehead atoms. The maximum absolute atomic E-state index is 14.2. The molecule has 3 aromatic carbocycles. The Morgan fingerprint density at radius 3 is 2.35 bits per heavy atom. The first-order chi connectivity index (χ1) is 22.3. The first-order valence-electron chi connectivity index (χ1n) is 15.5. The third kappa shape index (κ3) is 7.23. The Kier molecular flexibility index (Phi) is 11.0. The minimum Gasteiger partial charge on any atom is -0.494 e. The van der Waals surface area contributed by atoms with Gasteiger partial charge in [-0.25, -0.2) is 9.79 Å². The molecular formula is C36H38IN3O5S. The van der Waals surface area contributed by atoms with E-state index in [9.17, 15) is 9.59 Å². The van der Waals surface area contributed by atoms with Gasteiger partial charge in [-0.15, -0.1) is 0 Å². The van der Waals surface area contributed by atoms with Crippen LogP contribution in [0.1, 0.15) is 57.4 Å². The molecule has 240 valence electrons. The lowest BCUT2D eigenvalue weighted by Crippen LogP contribution is -2.39. The SMILES string of the molecule is CCOC(=O)C1=C(C)N=c2s/c(=C\c3ccc(N(CC)CC)cc3OCc3ccc(I)cc3)c(=O)n2[C@H]1c1ccc(OCC)cc1. The van der Waals surface area contributed by atoms with Crippen molar-refractivity contribution in [2.75, 3.05) is 31.2 Å². The number of carbonyl (C=O) groups is 1. The number of halogens is 1. The van der Waals surface area contributed by atoms with E-state index in [1.165, 1.54) is 11.3 Å². The number of esters is 1. The number of ether oxygens (including phenoxy) is 3. The van der Waals surface area contributed by atoms with Crippen LogP contribution in [0.3, 0.4) is 0 Å². The lowest BCUT2D eigenvalue weighted by molar-refractivity contribution is -0.139. The van der Waals surface area contributed by atoms with Crippen molar-refractivity contribution in [1.29, 1.82) is 0 Å². The minimum atomic E-state index is -0.699. The number of nitrogens with zero attached hydrogens (tertiary/aromatic N) is 3. The highest BCUT2D eigenvalue weighted by Crippen LogP contribution is 2.32. The van der Waals surface area contributed by atoms with Gasteiger partial charge in [-0.2, -0.15) is 0 Å². The number of aromatic nitrogens is 1. The van der Waals surface area contributed by atoms with E-state index >= 15 is 0 Å². The van der Waals surface area contributed by atoms with Gasteiger partial charge < -0.3 is 19.1 Å². The van der Waals surface area contributed by atoms with Gasteiger partial charge in [0, 0.05) is 34.0 Å². The van der Waals surface area contributed by atoms with Crippen molar-refractivity contribution in [1.82, 2.24) is 4.57 Å². The van der Waals surface area contributed by atoms with Crippen LogP contribution in [0.2, 0.25) is 0 Å². The number of benzene rings is 3. The molecule has 0 saturated heterocycles. The van der Waals surface area contributed by atoms with Crippen LogP contribution < -0.4 is 29.3 Å². The smallest absolute Gasteiger partial charge is 0.338 e. The molecule has 0 unspecified atom stereocenters. The molecule has 1 aliphatic rings. The van der Waals surface area contributed by atoms with E-state index in [1.807, 2.05) is 49.4 Å². The first kappa shape index (κ1) is 33.5. The molecule has 1 aromatic heterocycles. The van der Waals surface area contributed by atoms with Crippen molar-refractivity contribution in [3.63, 3.8) is 0 Å². The lowest BCUT2D eigenvalue weighted by atomic mass is 9.96. The zero-order valence-electron chi connectivity index (χ0n) is 26.7. The monoisotopic (exact) mass is 751 g/mol. The zero-order valence-corrected chi connectivity index (χ0v) is 29.7. The van der Waals surface area contributed by atoms with E-state index in [4.69, 9.17) is 19.2 Å². The molecule has 0 spiro atoms. The maximum atomic E-state index is 14.2. The average Bonchev–Trinajstić information content (AvgIpc) is 3.36. The van der Waals surface area contributed by atoms with Crippen LogP contribution in [-0.4, -0.2) is 36.8 Å². The van der Waals surface area contributed by atoms with Gasteiger partial charge in [0.1, 0.15) is 18.1 Å². The van der Waals surface area contributed by atoms with Crippen molar-refractivity contribution < 1.29 is 19.0 Å². The second-order valence-corrected chi connectivity index (χ2v) is 12.9. The van der Waals surface area contributed by atoms with E-state index in [-0.39, 0.29) is 12.2 Å². The molecular weight excluding hydrogens is 713 g/mol. The van der Waals surface area contributed by atoms with Crippen LogP contribution in [0.4, 0.5) is 5.69 Å². The highest BCUT2D eigenvalue weighted by atomic mass is 127. The summed E-state index contributed by atoms with van der Waals surface area (Å²) < 4.78 is 20.7. The topological polar surface area (TPSA) is 82.4 Å². The quantitative estimate of drug-likeness (QED) is 0.126. The molecule has 0 saturated carbocycles. The summed E-state index contributed by atoms with van der Waals surface area (Å²) in [5.41, 5.74) is 4.27. The molecule has 0 fully saturated rings. The molecule has 1 atom stereocenters. The molecule has 8 nitrogen and oxygen atoms in total. The number of hydrogen-bond donors (Lipinski definition) is 0. The second kappa shape index (κ2) is 15.1. The molecule has 0 aliphatic carbocycles. The lowest BCUT2D eigenvalue weighted by Gasteiger charge is -2.24. The van der Waals surface area contributed by atoms with Crippen molar-refractivity contribution in [2.24, 2.45) is 4.99 Å². The van der Waals surface area contributed by atoms with E-state index < -0.39 is 12.0 Å². The number of fused-ring (bicyclic) bond motifs is 1. The zero-order chi connectivity index (χ0) is 32.8. The average molecular weight is 752 g/mol. The molecule has 4 aromatic rings. The summed E-state index contributed by atoms with van der Waals surface area (Å²) in [6, 6.07) is 21.1. The number of rotatable bonds is 12. The summed E-state index contributed by atoms with van der Waals surface area (Å²) in [6.45, 7) is 12.6. The van der Waals surface area contributed by atoms with E-state index in [0.29, 0.717) is 45.3 Å². The fourth-order valence-electron chi connectivity index (χ4n) is 5.46. The predicted molar refractivity (Wildman–Crippen MR) is 192 cm³/mol. The number of carbonyl (C=O) groups excluding carboxylic acids is 1. The molecule has 1 aliphatic heterocycles. The molecule has 0 amide bonds. The third-order valence-electron chi connectivity index (χ3n) is 7.74. The second-order valence-electron chi connectivity index (χ2n) is 10.6. The van der Waals surface area contributed by atoms with E-state index in [2.05, 4.69) is 71.7 Å². The number of allylic oxidation sites excluding steroid dienone is 1.